The molecule has 28 heavy (non-hydrogen) atoms. The van der Waals surface area contributed by atoms with Gasteiger partial charge in [-0.05, 0) is 5.92 Å². The Hall–Kier alpha value is -2.60. The Morgan fingerprint density at radius 3 is 2.32 bits per heavy atom. The third-order valence-corrected chi connectivity index (χ3v) is 4.23. The van der Waals surface area contributed by atoms with E-state index in [0.29, 0.717) is 5.69 Å². The van der Waals surface area contributed by atoms with E-state index in [4.69, 9.17) is 10.8 Å². The second kappa shape index (κ2) is 11.3. The minimum atomic E-state index is -1.23. The zero-order chi connectivity index (χ0) is 21.3. The number of thiol groups is 1. The summed E-state index contributed by atoms with van der Waals surface area (Å²) in [5.74, 6) is -3.47. The van der Waals surface area contributed by atoms with Gasteiger partial charge >= 0.3 is 5.97 Å². The van der Waals surface area contributed by atoms with Crippen molar-refractivity contribution in [3.63, 3.8) is 0 Å². The summed E-state index contributed by atoms with van der Waals surface area (Å²) in [7, 11) is 0. The lowest BCUT2D eigenvalue weighted by molar-refractivity contribution is -0.142. The molecule has 0 spiro atoms. The first kappa shape index (κ1) is 23.4. The molecule has 0 fully saturated rings. The number of carboxylic acids is 1. The van der Waals surface area contributed by atoms with Crippen LogP contribution in [0.5, 0.6) is 0 Å². The van der Waals surface area contributed by atoms with E-state index in [1.165, 1.54) is 12.5 Å². The van der Waals surface area contributed by atoms with Gasteiger partial charge in [0, 0.05) is 24.1 Å². The van der Waals surface area contributed by atoms with Crippen molar-refractivity contribution in [2.24, 2.45) is 11.7 Å². The van der Waals surface area contributed by atoms with Crippen LogP contribution < -0.4 is 21.7 Å². The third kappa shape index (κ3) is 7.19. The Labute approximate surface area is 167 Å². The summed E-state index contributed by atoms with van der Waals surface area (Å²) < 4.78 is 0. The van der Waals surface area contributed by atoms with Gasteiger partial charge in [0.2, 0.25) is 17.7 Å². The molecule has 156 valence electrons. The summed E-state index contributed by atoms with van der Waals surface area (Å²) in [5.41, 5.74) is 5.90. The van der Waals surface area contributed by atoms with E-state index in [0.717, 1.165) is 0 Å². The number of hydrogen-bond acceptors (Lipinski definition) is 7. The first-order chi connectivity index (χ1) is 13.2. The quantitative estimate of drug-likeness (QED) is 0.205. The van der Waals surface area contributed by atoms with E-state index in [1.807, 2.05) is 0 Å². The SMILES string of the molecule is CC(C)C(NC(=O)C(Cc1cnc[nH]1)NC(=O)CN)C(=O)NC(CS)C(=O)O. The summed E-state index contributed by atoms with van der Waals surface area (Å²) >= 11 is 3.90. The molecule has 3 amide bonds. The van der Waals surface area contributed by atoms with Crippen molar-refractivity contribution in [1.29, 1.82) is 0 Å². The number of aliphatic carboxylic acids is 1. The summed E-state index contributed by atoms with van der Waals surface area (Å²) in [6, 6.07) is -3.19. The number of H-pyrrole nitrogens is 1. The number of hydrogen-bond donors (Lipinski definition) is 7. The minimum absolute atomic E-state index is 0.102. The highest BCUT2D eigenvalue weighted by Gasteiger charge is 2.31. The van der Waals surface area contributed by atoms with Crippen molar-refractivity contribution in [1.82, 2.24) is 25.9 Å². The predicted molar refractivity (Wildman–Crippen MR) is 103 cm³/mol. The second-order valence-electron chi connectivity index (χ2n) is 6.42. The van der Waals surface area contributed by atoms with Gasteiger partial charge in [0.05, 0.1) is 12.9 Å². The van der Waals surface area contributed by atoms with Crippen LogP contribution in [0.2, 0.25) is 0 Å². The normalized spacial score (nSPS) is 14.0. The molecule has 12 heteroatoms. The first-order valence-corrected chi connectivity index (χ1v) is 9.23. The van der Waals surface area contributed by atoms with Gasteiger partial charge in [-0.3, -0.25) is 14.4 Å². The van der Waals surface area contributed by atoms with Crippen LogP contribution in [-0.4, -0.2) is 69.2 Å². The Morgan fingerprint density at radius 2 is 1.86 bits per heavy atom. The van der Waals surface area contributed by atoms with E-state index in [2.05, 4.69) is 38.5 Å². The molecule has 0 aliphatic rings. The molecule has 0 aliphatic heterocycles. The average Bonchev–Trinajstić information content (AvgIpc) is 3.15. The molecular formula is C16H26N6O5S. The molecule has 3 unspecified atom stereocenters. The number of aromatic nitrogens is 2. The number of amides is 3. The molecule has 0 bridgehead atoms. The lowest BCUT2D eigenvalue weighted by atomic mass is 10.0. The molecule has 1 aromatic heterocycles. The van der Waals surface area contributed by atoms with Gasteiger partial charge in [0.15, 0.2) is 0 Å². The maximum Gasteiger partial charge on any atom is 0.327 e. The van der Waals surface area contributed by atoms with Crippen LogP contribution in [-0.2, 0) is 25.6 Å². The number of nitrogens with two attached hydrogens (primary N) is 1. The van der Waals surface area contributed by atoms with Crippen LogP contribution >= 0.6 is 12.6 Å². The smallest absolute Gasteiger partial charge is 0.327 e. The van der Waals surface area contributed by atoms with Crippen molar-refractivity contribution < 1.29 is 24.3 Å². The van der Waals surface area contributed by atoms with Crippen LogP contribution in [0.1, 0.15) is 19.5 Å². The number of imidazole rings is 1. The number of carboxylic acid groups (broad SMARTS) is 1. The van der Waals surface area contributed by atoms with E-state index < -0.39 is 41.8 Å². The fourth-order valence-corrected chi connectivity index (χ4v) is 2.56. The number of nitrogens with one attached hydrogen (secondary N) is 4. The predicted octanol–water partition coefficient (Wildman–Crippen LogP) is -1.96. The number of carbonyl (C=O) groups excluding carboxylic acids is 3. The first-order valence-electron chi connectivity index (χ1n) is 8.60. The molecule has 0 saturated heterocycles. The molecular weight excluding hydrogens is 388 g/mol. The van der Waals surface area contributed by atoms with Gasteiger partial charge in [0.1, 0.15) is 18.1 Å². The number of nitrogens with zero attached hydrogens (tertiary/aromatic N) is 1. The molecule has 11 nitrogen and oxygen atoms in total. The third-order valence-electron chi connectivity index (χ3n) is 3.86. The number of carbonyl (C=O) groups is 4. The topological polar surface area (TPSA) is 179 Å². The maximum absolute atomic E-state index is 12.7. The highest BCUT2D eigenvalue weighted by molar-refractivity contribution is 7.80. The van der Waals surface area contributed by atoms with Crippen molar-refractivity contribution >= 4 is 36.3 Å². The van der Waals surface area contributed by atoms with E-state index in [-0.39, 0.29) is 24.6 Å². The highest BCUT2D eigenvalue weighted by Crippen LogP contribution is 2.06. The zero-order valence-corrected chi connectivity index (χ0v) is 16.5. The standard InChI is InChI=1S/C16H26N6O5S/c1-8(2)13(15(25)21-11(6-28)16(26)27)22-14(24)10(20-12(23)4-17)3-9-5-18-7-19-9/h5,7-8,10-11,13,28H,3-4,6,17H2,1-2H3,(H,18,19)(H,20,23)(H,21,25)(H,22,24)(H,26,27). The molecule has 1 heterocycles. The number of rotatable bonds is 11. The van der Waals surface area contributed by atoms with Crippen LogP contribution in [0.3, 0.4) is 0 Å². The van der Waals surface area contributed by atoms with Crippen LogP contribution in [0.4, 0.5) is 0 Å². The largest absolute Gasteiger partial charge is 0.480 e. The molecule has 3 atom stereocenters. The highest BCUT2D eigenvalue weighted by atomic mass is 32.1. The van der Waals surface area contributed by atoms with Crippen LogP contribution in [0.25, 0.3) is 0 Å². The lowest BCUT2D eigenvalue weighted by Crippen LogP contribution is -2.58. The summed E-state index contributed by atoms with van der Waals surface area (Å²) in [4.78, 5) is 54.6. The Bertz CT molecular complexity index is 681. The van der Waals surface area contributed by atoms with Gasteiger partial charge in [-0.2, -0.15) is 12.6 Å². The van der Waals surface area contributed by atoms with Gasteiger partial charge in [-0.25, -0.2) is 9.78 Å². The Kier molecular flexibility index (Phi) is 9.45. The van der Waals surface area contributed by atoms with Crippen molar-refractivity contribution in [2.75, 3.05) is 12.3 Å². The summed E-state index contributed by atoms with van der Waals surface area (Å²) in [6.45, 7) is 3.09. The fourth-order valence-electron chi connectivity index (χ4n) is 2.31. The Balaban J connectivity index is 2.91. The molecule has 0 aliphatic carbocycles. The minimum Gasteiger partial charge on any atom is -0.480 e. The van der Waals surface area contributed by atoms with Gasteiger partial charge < -0.3 is 31.8 Å². The molecule has 0 saturated carbocycles. The lowest BCUT2D eigenvalue weighted by Gasteiger charge is -2.26. The second-order valence-corrected chi connectivity index (χ2v) is 6.78. The maximum atomic E-state index is 12.7. The summed E-state index contributed by atoms with van der Waals surface area (Å²) in [6.07, 6.45) is 3.05. The van der Waals surface area contributed by atoms with E-state index >= 15 is 0 Å². The average molecular weight is 414 g/mol. The molecule has 0 radical (unpaired) electrons. The molecule has 7 N–H and O–H groups in total. The monoisotopic (exact) mass is 414 g/mol. The molecule has 0 aromatic carbocycles. The van der Waals surface area contributed by atoms with E-state index in [1.54, 1.807) is 13.8 Å². The molecule has 1 aromatic rings. The summed E-state index contributed by atoms with van der Waals surface area (Å²) in [5, 5.41) is 16.5. The van der Waals surface area contributed by atoms with Crippen molar-refractivity contribution in [3.05, 3.63) is 18.2 Å². The van der Waals surface area contributed by atoms with Gasteiger partial charge in [-0.15, -0.1) is 0 Å². The van der Waals surface area contributed by atoms with Crippen LogP contribution in [0, 0.1) is 5.92 Å². The van der Waals surface area contributed by atoms with Crippen molar-refractivity contribution in [2.45, 2.75) is 38.4 Å². The van der Waals surface area contributed by atoms with Gasteiger partial charge in [0.25, 0.3) is 0 Å². The fraction of sp³-hybridized carbons (Fsp3) is 0.562. The molecule has 1 rings (SSSR count). The Morgan fingerprint density at radius 1 is 1.18 bits per heavy atom. The van der Waals surface area contributed by atoms with E-state index in [9.17, 15) is 19.2 Å². The van der Waals surface area contributed by atoms with Crippen molar-refractivity contribution in [3.8, 4) is 0 Å². The number of aromatic amines is 1. The van der Waals surface area contributed by atoms with Gasteiger partial charge in [-0.1, -0.05) is 13.8 Å². The van der Waals surface area contributed by atoms with Crippen LogP contribution in [0.15, 0.2) is 12.5 Å². The zero-order valence-electron chi connectivity index (χ0n) is 15.6.